The Hall–Kier alpha value is -0.950. The first kappa shape index (κ1) is 30.0. The van der Waals surface area contributed by atoms with Gasteiger partial charge in [-0.1, -0.05) is 11.6 Å². The van der Waals surface area contributed by atoms with E-state index in [1.54, 1.807) is 26.4 Å². The number of phenolic OH excluding ortho intramolecular Hbond substituents is 1. The molecule has 2 aromatic carbocycles. The second-order valence-electron chi connectivity index (χ2n) is 6.28. The van der Waals surface area contributed by atoms with Crippen LogP contribution in [0.3, 0.4) is 0 Å². The van der Waals surface area contributed by atoms with Gasteiger partial charge in [-0.15, -0.1) is 0 Å². The SMILES string of the molecule is CC(=O)c1cc(C)c(I)cc1O.COCCl.COCOc1cc(I)c(C)cc1C(C)=O. The molecule has 1 N–H and O–H groups in total. The van der Waals surface area contributed by atoms with Gasteiger partial charge in [-0.3, -0.25) is 9.59 Å². The molecule has 2 rings (SSSR count). The topological polar surface area (TPSA) is 82.1 Å². The van der Waals surface area contributed by atoms with Gasteiger partial charge in [0.25, 0.3) is 0 Å². The lowest BCUT2D eigenvalue weighted by Gasteiger charge is -2.10. The summed E-state index contributed by atoms with van der Waals surface area (Å²) in [4.78, 5) is 22.3. The van der Waals surface area contributed by atoms with E-state index < -0.39 is 0 Å². The fourth-order valence-corrected chi connectivity index (χ4v) is 3.02. The van der Waals surface area contributed by atoms with E-state index in [9.17, 15) is 14.7 Å². The summed E-state index contributed by atoms with van der Waals surface area (Å²) in [7, 11) is 3.10. The third-order valence-corrected chi connectivity index (χ3v) is 6.28. The molecule has 0 aliphatic carbocycles. The van der Waals surface area contributed by atoms with E-state index in [4.69, 9.17) is 21.1 Å². The Kier molecular flexibility index (Phi) is 15.3. The lowest BCUT2D eigenvalue weighted by molar-refractivity contribution is 0.0502. The van der Waals surface area contributed by atoms with Crippen LogP contribution in [0.5, 0.6) is 11.5 Å². The van der Waals surface area contributed by atoms with Crippen LogP contribution in [0.1, 0.15) is 45.7 Å². The molecule has 0 aliphatic rings. The van der Waals surface area contributed by atoms with Crippen molar-refractivity contribution >= 4 is 68.3 Å². The Balaban J connectivity index is 0.000000504. The Morgan fingerprint density at radius 1 is 0.903 bits per heavy atom. The number of hydrogen-bond acceptors (Lipinski definition) is 6. The number of aromatic hydroxyl groups is 1. The molecule has 0 aromatic heterocycles. The van der Waals surface area contributed by atoms with Crippen molar-refractivity contribution in [3.63, 3.8) is 0 Å². The highest BCUT2D eigenvalue weighted by molar-refractivity contribution is 14.1. The molecule has 0 saturated heterocycles. The van der Waals surface area contributed by atoms with Gasteiger partial charge in [0.05, 0.1) is 11.1 Å². The average Bonchev–Trinajstić information content (AvgIpc) is 2.71. The van der Waals surface area contributed by atoms with E-state index in [1.807, 2.05) is 26.0 Å². The highest BCUT2D eigenvalue weighted by Gasteiger charge is 2.11. The summed E-state index contributed by atoms with van der Waals surface area (Å²) in [6.45, 7) is 7.00. The third kappa shape index (κ3) is 11.0. The van der Waals surface area contributed by atoms with Gasteiger partial charge in [-0.25, -0.2) is 0 Å². The van der Waals surface area contributed by atoms with Crippen LogP contribution in [-0.4, -0.2) is 43.8 Å². The van der Waals surface area contributed by atoms with E-state index in [2.05, 4.69) is 49.9 Å². The maximum Gasteiger partial charge on any atom is 0.188 e. The largest absolute Gasteiger partial charge is 0.507 e. The Morgan fingerprint density at radius 3 is 1.77 bits per heavy atom. The van der Waals surface area contributed by atoms with Gasteiger partial charge in [-0.05, 0) is 108 Å². The molecule has 0 spiro atoms. The van der Waals surface area contributed by atoms with Gasteiger partial charge in [0, 0.05) is 21.4 Å². The summed E-state index contributed by atoms with van der Waals surface area (Å²) in [6.07, 6.45) is 0. The summed E-state index contributed by atoms with van der Waals surface area (Å²) >= 11 is 9.29. The second-order valence-corrected chi connectivity index (χ2v) is 8.82. The minimum atomic E-state index is -0.105. The Labute approximate surface area is 215 Å². The van der Waals surface area contributed by atoms with Crippen molar-refractivity contribution in [3.05, 3.63) is 53.7 Å². The van der Waals surface area contributed by atoms with E-state index in [-0.39, 0.29) is 24.1 Å². The first-order valence-corrected chi connectivity index (χ1v) is 11.7. The van der Waals surface area contributed by atoms with Gasteiger partial charge in [0.2, 0.25) is 0 Å². The molecule has 0 unspecified atom stereocenters. The zero-order valence-electron chi connectivity index (χ0n) is 18.3. The molecule has 0 amide bonds. The number of aryl methyl sites for hydroxylation is 2. The quantitative estimate of drug-likeness (QED) is 0.172. The van der Waals surface area contributed by atoms with Crippen LogP contribution < -0.4 is 4.74 Å². The van der Waals surface area contributed by atoms with E-state index in [1.165, 1.54) is 13.8 Å². The number of alkyl halides is 1. The second kappa shape index (κ2) is 15.8. The zero-order chi connectivity index (χ0) is 24.1. The van der Waals surface area contributed by atoms with Crippen LogP contribution in [-0.2, 0) is 9.47 Å². The number of ether oxygens (including phenoxy) is 3. The van der Waals surface area contributed by atoms with E-state index in [0.717, 1.165) is 18.3 Å². The first-order valence-electron chi connectivity index (χ1n) is 8.97. The van der Waals surface area contributed by atoms with Crippen LogP contribution in [0.4, 0.5) is 0 Å². The van der Waals surface area contributed by atoms with Crippen molar-refractivity contribution in [1.29, 1.82) is 0 Å². The number of benzene rings is 2. The molecular weight excluding hydrogens is 649 g/mol. The highest BCUT2D eigenvalue weighted by Crippen LogP contribution is 2.25. The maximum absolute atomic E-state index is 11.4. The molecule has 0 radical (unpaired) electrons. The molecular formula is C22H27ClI2O6. The number of ketones is 2. The van der Waals surface area contributed by atoms with Gasteiger partial charge >= 0.3 is 0 Å². The minimum absolute atomic E-state index is 0.000558. The number of hydrogen-bond donors (Lipinski definition) is 1. The fraction of sp³-hybridized carbons (Fsp3) is 0.364. The van der Waals surface area contributed by atoms with Crippen molar-refractivity contribution in [2.45, 2.75) is 27.7 Å². The molecule has 0 saturated carbocycles. The number of Topliss-reactive ketones (excluding diaryl/α,β-unsaturated/α-hetero) is 2. The Morgan fingerprint density at radius 2 is 1.35 bits per heavy atom. The van der Waals surface area contributed by atoms with Crippen molar-refractivity contribution in [1.82, 2.24) is 0 Å². The lowest BCUT2D eigenvalue weighted by atomic mass is 10.1. The van der Waals surface area contributed by atoms with Crippen LogP contribution in [0.25, 0.3) is 0 Å². The summed E-state index contributed by atoms with van der Waals surface area (Å²) in [5.74, 6) is 0.546. The lowest BCUT2D eigenvalue weighted by Crippen LogP contribution is -2.05. The number of phenols is 1. The molecule has 31 heavy (non-hydrogen) atoms. The third-order valence-electron chi connectivity index (χ3n) is 3.74. The normalized spacial score (nSPS) is 9.71. The number of halogens is 3. The predicted molar refractivity (Wildman–Crippen MR) is 140 cm³/mol. The molecule has 0 bridgehead atoms. The monoisotopic (exact) mass is 676 g/mol. The molecule has 6 nitrogen and oxygen atoms in total. The molecule has 172 valence electrons. The van der Waals surface area contributed by atoms with Crippen molar-refractivity contribution in [3.8, 4) is 11.5 Å². The zero-order valence-corrected chi connectivity index (χ0v) is 23.4. The predicted octanol–water partition coefficient (Wildman–Crippen LogP) is 6.12. The van der Waals surface area contributed by atoms with Crippen LogP contribution in [0.2, 0.25) is 0 Å². The molecule has 0 aliphatic heterocycles. The minimum Gasteiger partial charge on any atom is -0.507 e. The van der Waals surface area contributed by atoms with Crippen LogP contribution in [0, 0.1) is 21.0 Å². The van der Waals surface area contributed by atoms with Crippen molar-refractivity contribution in [2.75, 3.05) is 27.1 Å². The number of methoxy groups -OCH3 is 2. The first-order chi connectivity index (χ1) is 14.5. The molecule has 2 aromatic rings. The van der Waals surface area contributed by atoms with Gasteiger partial charge in [0.1, 0.15) is 17.6 Å². The molecule has 9 heteroatoms. The molecule has 0 heterocycles. The maximum atomic E-state index is 11.4. The highest BCUT2D eigenvalue weighted by atomic mass is 127. The standard InChI is InChI=1S/C11H13IO3.C9H9IO2.C2H5ClO/c1-7-4-9(8(2)13)11(5-10(7)12)15-6-14-3;1-5-3-7(6(2)11)9(12)4-8(5)10;1-4-2-3/h4-5H,6H2,1-3H3;3-4,12H,1-2H3;2H2,1H3. The number of carbonyl (C=O) groups excluding carboxylic acids is 2. The number of carbonyl (C=O) groups is 2. The van der Waals surface area contributed by atoms with Gasteiger partial charge < -0.3 is 19.3 Å². The smallest absolute Gasteiger partial charge is 0.188 e. The van der Waals surface area contributed by atoms with E-state index in [0.29, 0.717) is 22.9 Å². The number of rotatable bonds is 6. The van der Waals surface area contributed by atoms with E-state index >= 15 is 0 Å². The van der Waals surface area contributed by atoms with Gasteiger partial charge in [0.15, 0.2) is 18.4 Å². The summed E-state index contributed by atoms with van der Waals surface area (Å²) in [5, 5.41) is 9.36. The van der Waals surface area contributed by atoms with Gasteiger partial charge in [-0.2, -0.15) is 0 Å². The summed E-state index contributed by atoms with van der Waals surface area (Å²) in [6, 6.07) is 7.30. The van der Waals surface area contributed by atoms with Crippen LogP contribution in [0.15, 0.2) is 24.3 Å². The van der Waals surface area contributed by atoms with Crippen molar-refractivity contribution in [2.24, 2.45) is 0 Å². The fourth-order valence-electron chi connectivity index (χ4n) is 2.13. The summed E-state index contributed by atoms with van der Waals surface area (Å²) < 4.78 is 16.5. The van der Waals surface area contributed by atoms with Crippen molar-refractivity contribution < 1.29 is 28.9 Å². The average molecular weight is 677 g/mol. The Bertz CT molecular complexity index is 885. The summed E-state index contributed by atoms with van der Waals surface area (Å²) in [5.41, 5.74) is 3.09. The van der Waals surface area contributed by atoms with Crippen LogP contribution >= 0.6 is 56.8 Å². The molecule has 0 atom stereocenters. The molecule has 0 fully saturated rings.